The average molecular weight is 399 g/mol. The van der Waals surface area contributed by atoms with Gasteiger partial charge in [0.05, 0.1) is 12.7 Å². The van der Waals surface area contributed by atoms with Crippen LogP contribution in [0.5, 0.6) is 5.75 Å². The van der Waals surface area contributed by atoms with Crippen LogP contribution >= 0.6 is 0 Å². The summed E-state index contributed by atoms with van der Waals surface area (Å²) >= 11 is 0. The van der Waals surface area contributed by atoms with Gasteiger partial charge in [-0.25, -0.2) is 0 Å². The molecule has 5 nitrogen and oxygen atoms in total. The average Bonchev–Trinajstić information content (AvgIpc) is 2.94. The molecule has 2 amide bonds. The van der Waals surface area contributed by atoms with Crippen molar-refractivity contribution in [3.8, 4) is 5.75 Å². The topological polar surface area (TPSA) is 49.9 Å². The van der Waals surface area contributed by atoms with Crippen molar-refractivity contribution < 1.29 is 14.3 Å². The zero-order valence-corrected chi connectivity index (χ0v) is 18.2. The van der Waals surface area contributed by atoms with Gasteiger partial charge in [-0.3, -0.25) is 14.5 Å². The Morgan fingerprint density at radius 3 is 2.34 bits per heavy atom. The minimum Gasteiger partial charge on any atom is -0.496 e. The molecule has 3 rings (SSSR count). The van der Waals surface area contributed by atoms with Gasteiger partial charge in [-0.1, -0.05) is 58.2 Å². The molecule has 2 heterocycles. The number of hydrogen-bond acceptors (Lipinski definition) is 4. The Bertz CT molecular complexity index is 776. The number of hydrogen-bond donors (Lipinski definition) is 0. The lowest BCUT2D eigenvalue weighted by Crippen LogP contribution is -2.42. The van der Waals surface area contributed by atoms with Gasteiger partial charge in [0, 0.05) is 25.2 Å². The van der Waals surface area contributed by atoms with Crippen LogP contribution in [0.1, 0.15) is 58.4 Å². The van der Waals surface area contributed by atoms with Gasteiger partial charge in [0.25, 0.3) is 11.8 Å². The second kappa shape index (κ2) is 9.47. The van der Waals surface area contributed by atoms with Crippen LogP contribution in [0.3, 0.4) is 0 Å². The maximum Gasteiger partial charge on any atom is 0.277 e. The molecule has 0 N–H and O–H groups in total. The van der Waals surface area contributed by atoms with Crippen LogP contribution in [0.25, 0.3) is 5.57 Å². The Morgan fingerprint density at radius 2 is 1.69 bits per heavy atom. The van der Waals surface area contributed by atoms with E-state index in [9.17, 15) is 9.59 Å². The Morgan fingerprint density at radius 1 is 1.00 bits per heavy atom. The number of piperidine rings is 1. The van der Waals surface area contributed by atoms with Crippen LogP contribution in [-0.2, 0) is 9.59 Å². The number of ether oxygens (including phenoxy) is 1. The van der Waals surface area contributed by atoms with Crippen molar-refractivity contribution in [2.45, 2.75) is 52.9 Å². The standard InChI is InChI=1S/C24H34N2O3/c1-5-6-7-10-13-26-23(27)21(19-11-8-9-12-20(19)29-4)22(24(26)28)25-15-17(2)14-18(3)16-25/h8-9,11-12,17-18H,5-7,10,13-16H2,1-4H3. The highest BCUT2D eigenvalue weighted by Crippen LogP contribution is 2.38. The second-order valence-electron chi connectivity index (χ2n) is 8.60. The molecular weight excluding hydrogens is 364 g/mol. The molecule has 0 saturated carbocycles. The first-order valence-corrected chi connectivity index (χ1v) is 11.0. The fourth-order valence-corrected chi connectivity index (χ4v) is 4.70. The Balaban J connectivity index is 2.00. The zero-order valence-electron chi connectivity index (χ0n) is 18.2. The van der Waals surface area contributed by atoms with Crippen molar-refractivity contribution in [1.29, 1.82) is 0 Å². The fourth-order valence-electron chi connectivity index (χ4n) is 4.70. The van der Waals surface area contributed by atoms with Crippen molar-refractivity contribution in [3.05, 3.63) is 35.5 Å². The molecule has 2 aliphatic rings. The summed E-state index contributed by atoms with van der Waals surface area (Å²) < 4.78 is 5.53. The molecule has 0 aliphatic carbocycles. The van der Waals surface area contributed by atoms with Crippen molar-refractivity contribution in [2.24, 2.45) is 11.8 Å². The molecule has 5 heteroatoms. The van der Waals surface area contributed by atoms with E-state index in [0.717, 1.165) is 45.2 Å². The smallest absolute Gasteiger partial charge is 0.277 e. The van der Waals surface area contributed by atoms with E-state index < -0.39 is 0 Å². The van der Waals surface area contributed by atoms with E-state index >= 15 is 0 Å². The predicted octanol–water partition coefficient (Wildman–Crippen LogP) is 4.33. The molecule has 158 valence electrons. The quantitative estimate of drug-likeness (QED) is 0.483. The summed E-state index contributed by atoms with van der Waals surface area (Å²) in [6.45, 7) is 8.69. The summed E-state index contributed by atoms with van der Waals surface area (Å²) in [5, 5.41) is 0. The van der Waals surface area contributed by atoms with E-state index in [-0.39, 0.29) is 11.8 Å². The number of imide groups is 1. The highest BCUT2D eigenvalue weighted by atomic mass is 16.5. The zero-order chi connectivity index (χ0) is 21.0. The van der Waals surface area contributed by atoms with E-state index in [4.69, 9.17) is 4.74 Å². The predicted molar refractivity (Wildman–Crippen MR) is 115 cm³/mol. The SMILES string of the molecule is CCCCCCN1C(=O)C(c2ccccc2OC)=C(N2CC(C)CC(C)C2)C1=O. The first kappa shape index (κ1) is 21.4. The highest BCUT2D eigenvalue weighted by molar-refractivity contribution is 6.36. The third kappa shape index (κ3) is 4.49. The molecule has 1 saturated heterocycles. The first-order chi connectivity index (χ1) is 14.0. The van der Waals surface area contributed by atoms with Gasteiger partial charge < -0.3 is 9.64 Å². The summed E-state index contributed by atoms with van der Waals surface area (Å²) in [5.74, 6) is 1.29. The van der Waals surface area contributed by atoms with E-state index in [0.29, 0.717) is 41.0 Å². The van der Waals surface area contributed by atoms with E-state index in [2.05, 4.69) is 25.7 Å². The highest BCUT2D eigenvalue weighted by Gasteiger charge is 2.43. The first-order valence-electron chi connectivity index (χ1n) is 11.0. The van der Waals surface area contributed by atoms with Gasteiger partial charge in [0.15, 0.2) is 0 Å². The number of methoxy groups -OCH3 is 1. The van der Waals surface area contributed by atoms with E-state index in [1.165, 1.54) is 4.90 Å². The van der Waals surface area contributed by atoms with Crippen molar-refractivity contribution in [1.82, 2.24) is 9.80 Å². The third-order valence-corrected chi connectivity index (χ3v) is 5.94. The van der Waals surface area contributed by atoms with Crippen LogP contribution in [0.2, 0.25) is 0 Å². The monoisotopic (exact) mass is 398 g/mol. The van der Waals surface area contributed by atoms with Crippen LogP contribution in [-0.4, -0.2) is 48.4 Å². The molecule has 1 aromatic rings. The number of carbonyl (C=O) groups excluding carboxylic acids is 2. The number of benzene rings is 1. The van der Waals surface area contributed by atoms with Gasteiger partial charge in [0.2, 0.25) is 0 Å². The number of likely N-dealkylation sites (tertiary alicyclic amines) is 1. The molecule has 0 bridgehead atoms. The molecule has 2 unspecified atom stereocenters. The molecule has 2 atom stereocenters. The van der Waals surface area contributed by atoms with E-state index in [1.54, 1.807) is 7.11 Å². The summed E-state index contributed by atoms with van der Waals surface area (Å²) in [5.41, 5.74) is 1.78. The lowest BCUT2D eigenvalue weighted by atomic mass is 9.91. The molecule has 2 aliphatic heterocycles. The summed E-state index contributed by atoms with van der Waals surface area (Å²) in [6.07, 6.45) is 5.28. The van der Waals surface area contributed by atoms with Crippen LogP contribution < -0.4 is 4.74 Å². The summed E-state index contributed by atoms with van der Waals surface area (Å²) in [7, 11) is 1.61. The number of para-hydroxylation sites is 1. The summed E-state index contributed by atoms with van der Waals surface area (Å²) in [6, 6.07) is 7.52. The normalized spacial score (nSPS) is 22.6. The third-order valence-electron chi connectivity index (χ3n) is 5.94. The van der Waals surface area contributed by atoms with E-state index in [1.807, 2.05) is 24.3 Å². The van der Waals surface area contributed by atoms with Gasteiger partial charge in [-0.15, -0.1) is 0 Å². The lowest BCUT2D eigenvalue weighted by molar-refractivity contribution is -0.137. The minimum absolute atomic E-state index is 0.145. The number of nitrogens with zero attached hydrogens (tertiary/aromatic N) is 2. The summed E-state index contributed by atoms with van der Waals surface area (Å²) in [4.78, 5) is 30.5. The number of carbonyl (C=O) groups is 2. The Kier molecular flexibility index (Phi) is 6.99. The number of amides is 2. The van der Waals surface area contributed by atoms with Gasteiger partial charge >= 0.3 is 0 Å². The minimum atomic E-state index is -0.183. The molecule has 0 spiro atoms. The number of unbranched alkanes of at least 4 members (excludes halogenated alkanes) is 3. The Labute approximate surface area is 174 Å². The Hall–Kier alpha value is -2.30. The maximum absolute atomic E-state index is 13.4. The van der Waals surface area contributed by atoms with Gasteiger partial charge in [-0.05, 0) is 30.7 Å². The maximum atomic E-state index is 13.4. The van der Waals surface area contributed by atoms with Crippen molar-refractivity contribution >= 4 is 17.4 Å². The van der Waals surface area contributed by atoms with Crippen LogP contribution in [0.4, 0.5) is 0 Å². The molecule has 1 aromatic carbocycles. The largest absolute Gasteiger partial charge is 0.496 e. The molecule has 1 fully saturated rings. The lowest BCUT2D eigenvalue weighted by Gasteiger charge is -2.37. The van der Waals surface area contributed by atoms with Crippen molar-refractivity contribution in [2.75, 3.05) is 26.7 Å². The van der Waals surface area contributed by atoms with Crippen molar-refractivity contribution in [3.63, 3.8) is 0 Å². The number of rotatable bonds is 8. The van der Waals surface area contributed by atoms with Gasteiger partial charge in [-0.2, -0.15) is 0 Å². The molecule has 0 aromatic heterocycles. The van der Waals surface area contributed by atoms with Crippen LogP contribution in [0, 0.1) is 11.8 Å². The fraction of sp³-hybridized carbons (Fsp3) is 0.583. The molecular formula is C24H34N2O3. The van der Waals surface area contributed by atoms with Gasteiger partial charge in [0.1, 0.15) is 11.4 Å². The molecule has 29 heavy (non-hydrogen) atoms. The molecule has 0 radical (unpaired) electrons. The van der Waals surface area contributed by atoms with Crippen LogP contribution in [0.15, 0.2) is 30.0 Å². The second-order valence-corrected chi connectivity index (χ2v) is 8.60.